The Labute approximate surface area is 150 Å². The Morgan fingerprint density at radius 3 is 2.80 bits per heavy atom. The van der Waals surface area contributed by atoms with Crippen LogP contribution in [0.25, 0.3) is 16.9 Å². The lowest BCUT2D eigenvalue weighted by Crippen LogP contribution is -1.97. The number of benzene rings is 1. The van der Waals surface area contributed by atoms with Crippen molar-refractivity contribution >= 4 is 17.4 Å². The molecule has 0 radical (unpaired) electrons. The highest BCUT2D eigenvalue weighted by molar-refractivity contribution is 7.98. The molecule has 0 bridgehead atoms. The minimum Gasteiger partial charge on any atom is -0.264 e. The second-order valence-corrected chi connectivity index (χ2v) is 6.87. The minimum absolute atomic E-state index is 0.746. The highest BCUT2D eigenvalue weighted by atomic mass is 32.2. The van der Waals surface area contributed by atoms with Crippen LogP contribution in [-0.2, 0) is 5.75 Å². The molecule has 0 saturated heterocycles. The van der Waals surface area contributed by atoms with Crippen molar-refractivity contribution in [2.45, 2.75) is 24.8 Å². The number of pyridine rings is 1. The van der Waals surface area contributed by atoms with Gasteiger partial charge in [-0.1, -0.05) is 35.5 Å². The number of rotatable bonds is 4. The first-order valence-corrected chi connectivity index (χ1v) is 9.01. The first kappa shape index (κ1) is 15.8. The second kappa shape index (κ2) is 6.64. The lowest BCUT2D eigenvalue weighted by molar-refractivity contribution is 0.812. The van der Waals surface area contributed by atoms with E-state index < -0.39 is 0 Å². The minimum atomic E-state index is 0.746. The molecule has 0 spiro atoms. The molecule has 4 rings (SSSR count). The molecule has 25 heavy (non-hydrogen) atoms. The van der Waals surface area contributed by atoms with Crippen LogP contribution in [0, 0.1) is 13.8 Å². The van der Waals surface area contributed by atoms with Crippen LogP contribution >= 0.6 is 11.8 Å². The van der Waals surface area contributed by atoms with Gasteiger partial charge in [-0.2, -0.15) is 9.61 Å². The van der Waals surface area contributed by atoms with E-state index in [9.17, 15) is 0 Å². The summed E-state index contributed by atoms with van der Waals surface area (Å²) in [6, 6.07) is 14.3. The maximum absolute atomic E-state index is 4.69. The standard InChI is InChI=1S/C19H17N5S/c1-13-5-6-14(2)16(10-13)12-25-19-22-21-18-8-7-17(23-24(18)19)15-4-3-9-20-11-15/h3-11H,12H2,1-2H3. The summed E-state index contributed by atoms with van der Waals surface area (Å²) < 4.78 is 1.80. The Morgan fingerprint density at radius 1 is 1.04 bits per heavy atom. The second-order valence-electron chi connectivity index (χ2n) is 5.93. The molecule has 0 unspecified atom stereocenters. The zero-order chi connectivity index (χ0) is 17.2. The fourth-order valence-electron chi connectivity index (χ4n) is 2.63. The summed E-state index contributed by atoms with van der Waals surface area (Å²) in [4.78, 5) is 4.16. The molecule has 3 heterocycles. The lowest BCUT2D eigenvalue weighted by atomic mass is 10.1. The van der Waals surface area contributed by atoms with Gasteiger partial charge in [0, 0.05) is 23.7 Å². The van der Waals surface area contributed by atoms with E-state index in [1.807, 2.05) is 24.3 Å². The summed E-state index contributed by atoms with van der Waals surface area (Å²) in [5.41, 5.74) is 6.44. The summed E-state index contributed by atoms with van der Waals surface area (Å²) in [5.74, 6) is 0.840. The van der Waals surface area contributed by atoms with Gasteiger partial charge in [-0.05, 0) is 49.2 Å². The molecule has 0 saturated carbocycles. The molecule has 0 aliphatic rings. The van der Waals surface area contributed by atoms with Crippen LogP contribution in [0.5, 0.6) is 0 Å². The molecule has 0 aliphatic carbocycles. The predicted octanol–water partition coefficient (Wildman–Crippen LogP) is 4.10. The Morgan fingerprint density at radius 2 is 1.96 bits per heavy atom. The van der Waals surface area contributed by atoms with Crippen molar-refractivity contribution in [3.63, 3.8) is 0 Å². The van der Waals surface area contributed by atoms with Gasteiger partial charge in [0.05, 0.1) is 5.69 Å². The predicted molar refractivity (Wildman–Crippen MR) is 99.5 cm³/mol. The number of nitrogens with zero attached hydrogens (tertiary/aromatic N) is 5. The van der Waals surface area contributed by atoms with Crippen molar-refractivity contribution in [3.8, 4) is 11.3 Å². The fraction of sp³-hybridized carbons (Fsp3) is 0.158. The topological polar surface area (TPSA) is 56.0 Å². The van der Waals surface area contributed by atoms with Gasteiger partial charge in [0.15, 0.2) is 5.65 Å². The van der Waals surface area contributed by atoms with Crippen LogP contribution in [-0.4, -0.2) is 24.8 Å². The van der Waals surface area contributed by atoms with Crippen molar-refractivity contribution in [2.24, 2.45) is 0 Å². The molecule has 0 aliphatic heterocycles. The van der Waals surface area contributed by atoms with Crippen LogP contribution in [0.1, 0.15) is 16.7 Å². The van der Waals surface area contributed by atoms with Crippen LogP contribution in [0.2, 0.25) is 0 Å². The smallest absolute Gasteiger partial charge is 0.212 e. The first-order chi connectivity index (χ1) is 12.2. The molecule has 1 aromatic carbocycles. The van der Waals surface area contributed by atoms with Crippen molar-refractivity contribution in [2.75, 3.05) is 0 Å². The van der Waals surface area contributed by atoms with Gasteiger partial charge in [-0.25, -0.2) is 0 Å². The summed E-state index contributed by atoms with van der Waals surface area (Å²) in [5, 5.41) is 14.0. The largest absolute Gasteiger partial charge is 0.264 e. The lowest BCUT2D eigenvalue weighted by Gasteiger charge is -2.06. The number of aryl methyl sites for hydroxylation is 2. The van der Waals surface area contributed by atoms with Crippen LogP contribution < -0.4 is 0 Å². The third-order valence-corrected chi connectivity index (χ3v) is 5.02. The summed E-state index contributed by atoms with van der Waals surface area (Å²) >= 11 is 1.65. The van der Waals surface area contributed by atoms with Gasteiger partial charge >= 0.3 is 0 Å². The van der Waals surface area contributed by atoms with E-state index in [1.54, 1.807) is 28.7 Å². The van der Waals surface area contributed by atoms with E-state index in [4.69, 9.17) is 0 Å². The van der Waals surface area contributed by atoms with E-state index >= 15 is 0 Å². The van der Waals surface area contributed by atoms with Gasteiger partial charge in [0.1, 0.15) is 0 Å². The molecule has 0 atom stereocenters. The third kappa shape index (κ3) is 3.25. The fourth-order valence-corrected chi connectivity index (χ4v) is 3.58. The molecule has 4 aromatic rings. The maximum Gasteiger partial charge on any atom is 0.212 e. The van der Waals surface area contributed by atoms with Gasteiger partial charge in [-0.15, -0.1) is 10.2 Å². The van der Waals surface area contributed by atoms with Gasteiger partial charge < -0.3 is 0 Å². The van der Waals surface area contributed by atoms with E-state index in [0.29, 0.717) is 0 Å². The van der Waals surface area contributed by atoms with E-state index in [1.165, 1.54) is 16.7 Å². The molecule has 124 valence electrons. The Hall–Kier alpha value is -2.73. The van der Waals surface area contributed by atoms with E-state index in [0.717, 1.165) is 27.8 Å². The highest BCUT2D eigenvalue weighted by Gasteiger charge is 2.10. The number of hydrogen-bond acceptors (Lipinski definition) is 5. The quantitative estimate of drug-likeness (QED) is 0.520. The molecule has 6 heteroatoms. The van der Waals surface area contributed by atoms with Crippen molar-refractivity contribution in [1.82, 2.24) is 24.8 Å². The highest BCUT2D eigenvalue weighted by Crippen LogP contribution is 2.25. The molecule has 0 amide bonds. The molecule has 0 N–H and O–H groups in total. The number of fused-ring (bicyclic) bond motifs is 1. The maximum atomic E-state index is 4.69. The van der Waals surface area contributed by atoms with Gasteiger partial charge in [0.25, 0.3) is 0 Å². The number of aromatic nitrogens is 5. The Kier molecular flexibility index (Phi) is 4.19. The SMILES string of the molecule is Cc1ccc(C)c(CSc2nnc3ccc(-c4cccnc4)nn23)c1. The number of thioether (sulfide) groups is 1. The molecular formula is C19H17N5S. The molecule has 3 aromatic heterocycles. The average Bonchev–Trinajstić information content (AvgIpc) is 3.05. The van der Waals surface area contributed by atoms with Crippen molar-refractivity contribution in [1.29, 1.82) is 0 Å². The van der Waals surface area contributed by atoms with Crippen molar-refractivity contribution < 1.29 is 0 Å². The van der Waals surface area contributed by atoms with Gasteiger partial charge in [-0.3, -0.25) is 4.98 Å². The zero-order valence-corrected chi connectivity index (χ0v) is 14.9. The molecule has 5 nitrogen and oxygen atoms in total. The van der Waals surface area contributed by atoms with Crippen molar-refractivity contribution in [3.05, 3.63) is 71.5 Å². The first-order valence-electron chi connectivity index (χ1n) is 8.02. The van der Waals surface area contributed by atoms with Crippen LogP contribution in [0.4, 0.5) is 0 Å². The van der Waals surface area contributed by atoms with Crippen LogP contribution in [0.3, 0.4) is 0 Å². The summed E-state index contributed by atoms with van der Waals surface area (Å²) in [7, 11) is 0. The third-order valence-electron chi connectivity index (χ3n) is 4.05. The monoisotopic (exact) mass is 347 g/mol. The van der Waals surface area contributed by atoms with E-state index in [2.05, 4.69) is 52.3 Å². The average molecular weight is 347 g/mol. The molecule has 0 fully saturated rings. The number of hydrogen-bond donors (Lipinski definition) is 0. The normalized spacial score (nSPS) is 11.1. The Bertz CT molecular complexity index is 1030. The summed E-state index contributed by atoms with van der Waals surface area (Å²) in [6.45, 7) is 4.25. The zero-order valence-electron chi connectivity index (χ0n) is 14.0. The molecular weight excluding hydrogens is 330 g/mol. The van der Waals surface area contributed by atoms with Crippen LogP contribution in [0.15, 0.2) is 60.0 Å². The Balaban J connectivity index is 1.65. The summed E-state index contributed by atoms with van der Waals surface area (Å²) in [6.07, 6.45) is 3.56. The van der Waals surface area contributed by atoms with Gasteiger partial charge in [0.2, 0.25) is 5.16 Å². The van der Waals surface area contributed by atoms with E-state index in [-0.39, 0.29) is 0 Å².